The van der Waals surface area contributed by atoms with Gasteiger partial charge in [0.05, 0.1) is 12.2 Å². The summed E-state index contributed by atoms with van der Waals surface area (Å²) < 4.78 is 1.82. The fourth-order valence-corrected chi connectivity index (χ4v) is 3.71. The number of nitrogens with zero attached hydrogens (tertiary/aromatic N) is 5. The van der Waals surface area contributed by atoms with Crippen LogP contribution in [0.3, 0.4) is 0 Å². The van der Waals surface area contributed by atoms with Gasteiger partial charge in [-0.15, -0.1) is 0 Å². The summed E-state index contributed by atoms with van der Waals surface area (Å²) in [5.41, 5.74) is 2.41. The van der Waals surface area contributed by atoms with Crippen LogP contribution >= 0.6 is 0 Å². The van der Waals surface area contributed by atoms with Crippen LogP contribution in [0.4, 0.5) is 0 Å². The Balaban J connectivity index is 1.73. The minimum Gasteiger partial charge on any atom is -0.354 e. The van der Waals surface area contributed by atoms with E-state index in [1.807, 2.05) is 23.4 Å². The molecule has 3 rings (SSSR count). The average molecular weight is 372 g/mol. The Morgan fingerprint density at radius 2 is 2.00 bits per heavy atom. The van der Waals surface area contributed by atoms with Gasteiger partial charge in [0.15, 0.2) is 5.65 Å². The van der Waals surface area contributed by atoms with Crippen molar-refractivity contribution in [3.63, 3.8) is 0 Å². The summed E-state index contributed by atoms with van der Waals surface area (Å²) in [6.45, 7) is 8.13. The normalized spacial score (nSPS) is 17.0. The number of carbonyl (C=O) groups is 2. The third-order valence-corrected chi connectivity index (χ3v) is 5.39. The topological polar surface area (TPSA) is 93.0 Å². The van der Waals surface area contributed by atoms with Crippen LogP contribution in [-0.4, -0.2) is 56.1 Å². The number of nitrogens with one attached hydrogen (secondary N) is 1. The summed E-state index contributed by atoms with van der Waals surface area (Å²) in [5.74, 6) is 0.423. The van der Waals surface area contributed by atoms with Gasteiger partial charge in [-0.1, -0.05) is 13.8 Å². The zero-order valence-corrected chi connectivity index (χ0v) is 16.3. The maximum Gasteiger partial charge on any atom is 0.223 e. The van der Waals surface area contributed by atoms with Gasteiger partial charge >= 0.3 is 0 Å². The molecule has 1 saturated heterocycles. The number of aromatic nitrogens is 4. The third kappa shape index (κ3) is 4.09. The molecule has 1 fully saturated rings. The van der Waals surface area contributed by atoms with E-state index in [4.69, 9.17) is 5.10 Å². The van der Waals surface area contributed by atoms with Gasteiger partial charge in [0, 0.05) is 50.8 Å². The van der Waals surface area contributed by atoms with Crippen molar-refractivity contribution in [2.24, 2.45) is 5.92 Å². The lowest BCUT2D eigenvalue weighted by Gasteiger charge is -2.13. The Bertz CT molecular complexity index is 814. The first kappa shape index (κ1) is 19.3. The highest BCUT2D eigenvalue weighted by molar-refractivity contribution is 5.78. The van der Waals surface area contributed by atoms with Crippen LogP contribution in [0.2, 0.25) is 0 Å². The lowest BCUT2D eigenvalue weighted by Crippen LogP contribution is -2.32. The van der Waals surface area contributed by atoms with E-state index >= 15 is 0 Å². The van der Waals surface area contributed by atoms with Crippen LogP contribution in [0.1, 0.15) is 51.6 Å². The van der Waals surface area contributed by atoms with Gasteiger partial charge in [0.2, 0.25) is 11.8 Å². The predicted octanol–water partition coefficient (Wildman–Crippen LogP) is 1.71. The Hall–Kier alpha value is -2.51. The standard InChI is InChI=1S/C19H28N6O2/c1-4-14(5-2)19(27)22-9-11-25-18-17(20-7-8-21-18)16(23-25)15-6-10-24(12-15)13(3)26/h7-8,14-15H,4-6,9-12H2,1-3H3,(H,22,27)/t15-/m1/s1. The van der Waals surface area contributed by atoms with Crippen LogP contribution < -0.4 is 5.32 Å². The Kier molecular flexibility index (Phi) is 6.03. The third-order valence-electron chi connectivity index (χ3n) is 5.39. The first-order valence-corrected chi connectivity index (χ1v) is 9.75. The minimum absolute atomic E-state index is 0.0609. The lowest BCUT2D eigenvalue weighted by atomic mass is 10.0. The minimum atomic E-state index is 0.0609. The molecule has 2 amide bonds. The molecule has 27 heavy (non-hydrogen) atoms. The molecule has 0 spiro atoms. The number of rotatable bonds is 7. The Morgan fingerprint density at radius 1 is 1.26 bits per heavy atom. The molecule has 0 saturated carbocycles. The quantitative estimate of drug-likeness (QED) is 0.799. The maximum absolute atomic E-state index is 12.2. The molecule has 8 nitrogen and oxygen atoms in total. The van der Waals surface area contributed by atoms with Crippen molar-refractivity contribution in [2.45, 2.75) is 52.5 Å². The number of hydrogen-bond acceptors (Lipinski definition) is 5. The number of amides is 2. The van der Waals surface area contributed by atoms with Gasteiger partial charge in [-0.05, 0) is 19.3 Å². The fourth-order valence-electron chi connectivity index (χ4n) is 3.71. The van der Waals surface area contributed by atoms with Crippen molar-refractivity contribution >= 4 is 23.0 Å². The number of fused-ring (bicyclic) bond motifs is 1. The molecule has 2 aromatic heterocycles. The second kappa shape index (κ2) is 8.45. The summed E-state index contributed by atoms with van der Waals surface area (Å²) in [6, 6.07) is 0. The van der Waals surface area contributed by atoms with Gasteiger partial charge in [0.25, 0.3) is 0 Å². The van der Waals surface area contributed by atoms with Crippen molar-refractivity contribution in [3.05, 3.63) is 18.1 Å². The highest BCUT2D eigenvalue weighted by Crippen LogP contribution is 2.30. The molecule has 3 heterocycles. The monoisotopic (exact) mass is 372 g/mol. The molecule has 146 valence electrons. The van der Waals surface area contributed by atoms with Crippen LogP contribution in [0.25, 0.3) is 11.2 Å². The Labute approximate surface area is 159 Å². The van der Waals surface area contributed by atoms with Gasteiger partial charge in [-0.25, -0.2) is 14.6 Å². The van der Waals surface area contributed by atoms with Gasteiger partial charge in [-0.2, -0.15) is 5.10 Å². The predicted molar refractivity (Wildman–Crippen MR) is 102 cm³/mol. The number of likely N-dealkylation sites (tertiary alicyclic amines) is 1. The molecule has 0 unspecified atom stereocenters. The first-order valence-electron chi connectivity index (χ1n) is 9.75. The summed E-state index contributed by atoms with van der Waals surface area (Å²) in [6.07, 6.45) is 5.90. The molecule has 1 aliphatic heterocycles. The van der Waals surface area contributed by atoms with Crippen LogP contribution in [0, 0.1) is 5.92 Å². The van der Waals surface area contributed by atoms with E-state index in [1.54, 1.807) is 19.3 Å². The van der Waals surface area contributed by atoms with Crippen LogP contribution in [0.5, 0.6) is 0 Å². The fraction of sp³-hybridized carbons (Fsp3) is 0.632. The summed E-state index contributed by atoms with van der Waals surface area (Å²) in [7, 11) is 0. The van der Waals surface area contributed by atoms with E-state index in [-0.39, 0.29) is 23.7 Å². The van der Waals surface area contributed by atoms with E-state index < -0.39 is 0 Å². The molecule has 2 aromatic rings. The second-order valence-electron chi connectivity index (χ2n) is 7.09. The van der Waals surface area contributed by atoms with E-state index in [0.29, 0.717) is 19.6 Å². The lowest BCUT2D eigenvalue weighted by molar-refractivity contribution is -0.128. The first-order chi connectivity index (χ1) is 13.0. The van der Waals surface area contributed by atoms with Gasteiger partial charge in [-0.3, -0.25) is 9.59 Å². The zero-order chi connectivity index (χ0) is 19.4. The molecule has 0 aromatic carbocycles. The van der Waals surface area contributed by atoms with Crippen LogP contribution in [0.15, 0.2) is 12.4 Å². The zero-order valence-electron chi connectivity index (χ0n) is 16.3. The van der Waals surface area contributed by atoms with Gasteiger partial charge < -0.3 is 10.2 Å². The van der Waals surface area contributed by atoms with Crippen molar-refractivity contribution in [1.82, 2.24) is 30.0 Å². The second-order valence-corrected chi connectivity index (χ2v) is 7.09. The van der Waals surface area contributed by atoms with Crippen molar-refractivity contribution in [3.8, 4) is 0 Å². The summed E-state index contributed by atoms with van der Waals surface area (Å²) in [4.78, 5) is 34.6. The highest BCUT2D eigenvalue weighted by Gasteiger charge is 2.30. The maximum atomic E-state index is 12.2. The van der Waals surface area contributed by atoms with E-state index in [2.05, 4.69) is 15.3 Å². The largest absolute Gasteiger partial charge is 0.354 e. The molecule has 0 radical (unpaired) electrons. The number of hydrogen-bond donors (Lipinski definition) is 1. The average Bonchev–Trinajstić information content (AvgIpc) is 3.28. The molecule has 1 N–H and O–H groups in total. The number of carbonyl (C=O) groups excluding carboxylic acids is 2. The molecular weight excluding hydrogens is 344 g/mol. The van der Waals surface area contributed by atoms with E-state index in [1.165, 1.54) is 0 Å². The SMILES string of the molecule is CCC(CC)C(=O)NCCn1nc([C@@H]2CCN(C(C)=O)C2)c2nccnc21. The smallest absolute Gasteiger partial charge is 0.223 e. The molecular formula is C19H28N6O2. The molecule has 8 heteroatoms. The van der Waals surface area contributed by atoms with E-state index in [0.717, 1.165) is 42.7 Å². The Morgan fingerprint density at radius 3 is 2.67 bits per heavy atom. The molecule has 0 bridgehead atoms. The molecule has 1 aliphatic rings. The van der Waals surface area contributed by atoms with Crippen molar-refractivity contribution < 1.29 is 9.59 Å². The molecule has 0 aliphatic carbocycles. The van der Waals surface area contributed by atoms with Crippen LogP contribution in [-0.2, 0) is 16.1 Å². The molecule has 1 atom stereocenters. The summed E-state index contributed by atoms with van der Waals surface area (Å²) in [5, 5.41) is 7.75. The highest BCUT2D eigenvalue weighted by atomic mass is 16.2. The van der Waals surface area contributed by atoms with Crippen molar-refractivity contribution in [1.29, 1.82) is 0 Å². The van der Waals surface area contributed by atoms with Crippen molar-refractivity contribution in [2.75, 3.05) is 19.6 Å². The summed E-state index contributed by atoms with van der Waals surface area (Å²) >= 11 is 0. The van der Waals surface area contributed by atoms with Gasteiger partial charge in [0.1, 0.15) is 5.52 Å². The van der Waals surface area contributed by atoms with E-state index in [9.17, 15) is 9.59 Å².